The SMILES string of the molecule is CSN1CC=C(c2ccc(C)cc2)CC1. The topological polar surface area (TPSA) is 3.24 Å². The predicted octanol–water partition coefficient (Wildman–Crippen LogP) is 3.36. The molecule has 1 aromatic carbocycles. The summed E-state index contributed by atoms with van der Waals surface area (Å²) >= 11 is 1.83. The van der Waals surface area contributed by atoms with E-state index in [0.717, 1.165) is 6.54 Å². The van der Waals surface area contributed by atoms with E-state index in [-0.39, 0.29) is 0 Å². The summed E-state index contributed by atoms with van der Waals surface area (Å²) in [6.45, 7) is 4.37. The number of hydrogen-bond donors (Lipinski definition) is 0. The van der Waals surface area contributed by atoms with Crippen molar-refractivity contribution < 1.29 is 0 Å². The lowest BCUT2D eigenvalue weighted by Crippen LogP contribution is -2.21. The van der Waals surface area contributed by atoms with Gasteiger partial charge in [0.1, 0.15) is 0 Å². The second-order valence-corrected chi connectivity index (χ2v) is 4.80. The molecule has 0 amide bonds. The highest BCUT2D eigenvalue weighted by Crippen LogP contribution is 2.24. The van der Waals surface area contributed by atoms with E-state index in [0.29, 0.717) is 0 Å². The van der Waals surface area contributed by atoms with Crippen molar-refractivity contribution in [3.05, 3.63) is 41.5 Å². The third-order valence-corrected chi connectivity index (χ3v) is 3.70. The molecule has 1 aromatic rings. The molecule has 1 nitrogen and oxygen atoms in total. The van der Waals surface area contributed by atoms with Gasteiger partial charge in [0.15, 0.2) is 0 Å². The van der Waals surface area contributed by atoms with Crippen molar-refractivity contribution in [2.75, 3.05) is 19.3 Å². The quantitative estimate of drug-likeness (QED) is 0.702. The van der Waals surface area contributed by atoms with Crippen molar-refractivity contribution >= 4 is 17.5 Å². The first-order valence-corrected chi connectivity index (χ1v) is 6.53. The Kier molecular flexibility index (Phi) is 3.49. The van der Waals surface area contributed by atoms with E-state index < -0.39 is 0 Å². The average molecular weight is 219 g/mol. The molecule has 0 radical (unpaired) electrons. The van der Waals surface area contributed by atoms with Crippen LogP contribution >= 0.6 is 11.9 Å². The van der Waals surface area contributed by atoms with Crippen molar-refractivity contribution in [3.8, 4) is 0 Å². The molecule has 2 rings (SSSR count). The molecule has 0 fully saturated rings. The van der Waals surface area contributed by atoms with Gasteiger partial charge in [-0.25, -0.2) is 4.31 Å². The van der Waals surface area contributed by atoms with Crippen LogP contribution in [-0.4, -0.2) is 23.7 Å². The Balaban J connectivity index is 2.12. The van der Waals surface area contributed by atoms with Gasteiger partial charge in [0.25, 0.3) is 0 Å². The van der Waals surface area contributed by atoms with Gasteiger partial charge < -0.3 is 0 Å². The molecule has 80 valence electrons. The highest BCUT2D eigenvalue weighted by molar-refractivity contribution is 7.96. The molecule has 0 aliphatic carbocycles. The van der Waals surface area contributed by atoms with E-state index in [1.807, 2.05) is 11.9 Å². The molecule has 0 aromatic heterocycles. The van der Waals surface area contributed by atoms with Crippen LogP contribution in [0.4, 0.5) is 0 Å². The second-order valence-electron chi connectivity index (χ2n) is 3.92. The normalized spacial score (nSPS) is 17.6. The molecule has 0 saturated heterocycles. The number of hydrogen-bond acceptors (Lipinski definition) is 2. The zero-order chi connectivity index (χ0) is 10.7. The maximum atomic E-state index is 2.39. The number of aryl methyl sites for hydroxylation is 1. The first kappa shape index (κ1) is 10.8. The van der Waals surface area contributed by atoms with Crippen molar-refractivity contribution in [1.29, 1.82) is 0 Å². The van der Waals surface area contributed by atoms with Gasteiger partial charge in [-0.2, -0.15) is 0 Å². The van der Waals surface area contributed by atoms with Gasteiger partial charge in [-0.05, 0) is 30.7 Å². The molecule has 0 saturated carbocycles. The second kappa shape index (κ2) is 4.86. The molecular formula is C13H17NS. The maximum Gasteiger partial charge on any atom is 0.0276 e. The molecule has 1 aliphatic rings. The van der Waals surface area contributed by atoms with Gasteiger partial charge in [-0.15, -0.1) is 0 Å². The van der Waals surface area contributed by atoms with Crippen LogP contribution in [0.15, 0.2) is 30.3 Å². The Bertz CT molecular complexity index is 353. The van der Waals surface area contributed by atoms with Crippen LogP contribution in [0, 0.1) is 6.92 Å². The summed E-state index contributed by atoms with van der Waals surface area (Å²) in [6.07, 6.45) is 5.67. The Hall–Kier alpha value is -0.730. The number of benzene rings is 1. The Morgan fingerprint density at radius 1 is 1.20 bits per heavy atom. The smallest absolute Gasteiger partial charge is 0.0276 e. The molecule has 0 N–H and O–H groups in total. The first-order valence-electron chi connectivity index (χ1n) is 5.35. The number of rotatable bonds is 2. The van der Waals surface area contributed by atoms with Crippen LogP contribution in [0.25, 0.3) is 5.57 Å². The zero-order valence-electron chi connectivity index (χ0n) is 9.36. The third kappa shape index (κ3) is 2.64. The zero-order valence-corrected chi connectivity index (χ0v) is 10.2. The molecule has 1 heterocycles. The highest BCUT2D eigenvalue weighted by atomic mass is 32.2. The third-order valence-electron chi connectivity index (χ3n) is 2.85. The monoisotopic (exact) mass is 219 g/mol. The van der Waals surface area contributed by atoms with E-state index in [4.69, 9.17) is 0 Å². The minimum Gasteiger partial charge on any atom is -0.247 e. The summed E-state index contributed by atoms with van der Waals surface area (Å²) < 4.78 is 2.39. The molecule has 0 spiro atoms. The fourth-order valence-electron chi connectivity index (χ4n) is 1.85. The van der Waals surface area contributed by atoms with E-state index in [1.165, 1.54) is 29.7 Å². The Morgan fingerprint density at radius 2 is 1.93 bits per heavy atom. The van der Waals surface area contributed by atoms with Gasteiger partial charge in [-0.1, -0.05) is 47.9 Å². The van der Waals surface area contributed by atoms with E-state index in [1.54, 1.807) is 0 Å². The fraction of sp³-hybridized carbons (Fsp3) is 0.385. The van der Waals surface area contributed by atoms with Crippen LogP contribution in [0.5, 0.6) is 0 Å². The minimum atomic E-state index is 1.07. The molecule has 0 bridgehead atoms. The van der Waals surface area contributed by atoms with Crippen LogP contribution in [0.2, 0.25) is 0 Å². The summed E-state index contributed by atoms with van der Waals surface area (Å²) in [4.78, 5) is 0. The summed E-state index contributed by atoms with van der Waals surface area (Å²) in [5.74, 6) is 0. The molecule has 2 heteroatoms. The van der Waals surface area contributed by atoms with Gasteiger partial charge in [0.05, 0.1) is 0 Å². The molecule has 0 unspecified atom stereocenters. The molecule has 15 heavy (non-hydrogen) atoms. The lowest BCUT2D eigenvalue weighted by atomic mass is 9.99. The van der Waals surface area contributed by atoms with E-state index >= 15 is 0 Å². The van der Waals surface area contributed by atoms with Gasteiger partial charge >= 0.3 is 0 Å². The van der Waals surface area contributed by atoms with Gasteiger partial charge in [0, 0.05) is 13.1 Å². The van der Waals surface area contributed by atoms with Crippen LogP contribution in [0.1, 0.15) is 17.5 Å². The summed E-state index contributed by atoms with van der Waals surface area (Å²) in [5, 5.41) is 0. The van der Waals surface area contributed by atoms with Crippen LogP contribution in [-0.2, 0) is 0 Å². The predicted molar refractivity (Wildman–Crippen MR) is 68.9 cm³/mol. The van der Waals surface area contributed by atoms with E-state index in [9.17, 15) is 0 Å². The van der Waals surface area contributed by atoms with Crippen molar-refractivity contribution in [2.45, 2.75) is 13.3 Å². The molecule has 1 aliphatic heterocycles. The Labute approximate surface area is 96.3 Å². The summed E-state index contributed by atoms with van der Waals surface area (Å²) in [5.41, 5.74) is 4.22. The Morgan fingerprint density at radius 3 is 2.47 bits per heavy atom. The van der Waals surface area contributed by atoms with Crippen molar-refractivity contribution in [3.63, 3.8) is 0 Å². The van der Waals surface area contributed by atoms with Crippen LogP contribution < -0.4 is 0 Å². The van der Waals surface area contributed by atoms with Gasteiger partial charge in [-0.3, -0.25) is 0 Å². The first-order chi connectivity index (χ1) is 7.29. The van der Waals surface area contributed by atoms with Gasteiger partial charge in [0.2, 0.25) is 0 Å². The lowest BCUT2D eigenvalue weighted by Gasteiger charge is -2.23. The molecule has 0 atom stereocenters. The van der Waals surface area contributed by atoms with Crippen molar-refractivity contribution in [2.24, 2.45) is 0 Å². The highest BCUT2D eigenvalue weighted by Gasteiger charge is 2.11. The fourth-order valence-corrected chi connectivity index (χ4v) is 2.34. The van der Waals surface area contributed by atoms with Crippen LogP contribution in [0.3, 0.4) is 0 Å². The molecular weight excluding hydrogens is 202 g/mol. The minimum absolute atomic E-state index is 1.07. The maximum absolute atomic E-state index is 2.39. The standard InChI is InChI=1S/C13H17NS/c1-11-3-5-12(6-4-11)13-7-9-14(15-2)10-8-13/h3-7H,8-10H2,1-2H3. The summed E-state index contributed by atoms with van der Waals surface area (Å²) in [6, 6.07) is 8.85. The summed E-state index contributed by atoms with van der Waals surface area (Å²) in [7, 11) is 0. The van der Waals surface area contributed by atoms with Crippen molar-refractivity contribution in [1.82, 2.24) is 4.31 Å². The lowest BCUT2D eigenvalue weighted by molar-refractivity contribution is 0.518. The largest absolute Gasteiger partial charge is 0.247 e. The average Bonchev–Trinajstić information content (AvgIpc) is 2.30. The van der Waals surface area contributed by atoms with E-state index in [2.05, 4.69) is 47.8 Å². The number of nitrogens with zero attached hydrogens (tertiary/aromatic N) is 1.